The lowest BCUT2D eigenvalue weighted by Gasteiger charge is -2.34. The van der Waals surface area contributed by atoms with E-state index >= 15 is 0 Å². The molecule has 0 saturated heterocycles. The summed E-state index contributed by atoms with van der Waals surface area (Å²) in [5.74, 6) is 0. The van der Waals surface area contributed by atoms with Gasteiger partial charge >= 0.3 is 5.69 Å². The van der Waals surface area contributed by atoms with Gasteiger partial charge in [-0.05, 0) is 31.7 Å². The lowest BCUT2D eigenvalue weighted by atomic mass is 9.91. The van der Waals surface area contributed by atoms with Crippen molar-refractivity contribution in [3.8, 4) is 0 Å². The summed E-state index contributed by atoms with van der Waals surface area (Å²) < 4.78 is 0. The zero-order valence-corrected chi connectivity index (χ0v) is 10.5. The highest BCUT2D eigenvalue weighted by Crippen LogP contribution is 2.31. The van der Waals surface area contributed by atoms with Gasteiger partial charge in [0, 0.05) is 25.3 Å². The van der Waals surface area contributed by atoms with Crippen molar-refractivity contribution < 1.29 is 4.92 Å². The second-order valence-electron chi connectivity index (χ2n) is 4.80. The van der Waals surface area contributed by atoms with Gasteiger partial charge in [0.05, 0.1) is 4.92 Å². The number of nitrogens with zero attached hydrogens (tertiary/aromatic N) is 3. The fraction of sp³-hybridized carbons (Fsp3) is 0.583. The van der Waals surface area contributed by atoms with Gasteiger partial charge in [0.1, 0.15) is 11.9 Å². The lowest BCUT2D eigenvalue weighted by Crippen LogP contribution is -2.39. The first-order chi connectivity index (χ1) is 8.59. The van der Waals surface area contributed by atoms with Crippen LogP contribution < -0.4 is 10.6 Å². The highest BCUT2D eigenvalue weighted by atomic mass is 16.6. The Hall–Kier alpha value is -1.69. The van der Waals surface area contributed by atoms with Crippen molar-refractivity contribution in [2.75, 3.05) is 11.9 Å². The van der Waals surface area contributed by atoms with E-state index in [0.717, 1.165) is 25.7 Å². The molecule has 1 aliphatic carbocycles. The number of anilines is 1. The number of hydrogen-bond acceptors (Lipinski definition) is 5. The Morgan fingerprint density at radius 2 is 2.11 bits per heavy atom. The minimum Gasteiger partial charge on any atom is -0.366 e. The molecule has 6 nitrogen and oxygen atoms in total. The molecule has 98 valence electrons. The van der Waals surface area contributed by atoms with Crippen molar-refractivity contribution in [1.29, 1.82) is 0 Å². The second kappa shape index (κ2) is 5.30. The van der Waals surface area contributed by atoms with Crippen LogP contribution in [0.15, 0.2) is 18.5 Å². The van der Waals surface area contributed by atoms with Gasteiger partial charge in [-0.25, -0.2) is 0 Å². The van der Waals surface area contributed by atoms with Crippen LogP contribution in [0.4, 0.5) is 11.4 Å². The van der Waals surface area contributed by atoms with E-state index in [-0.39, 0.29) is 16.7 Å². The van der Waals surface area contributed by atoms with Crippen molar-refractivity contribution in [2.45, 2.75) is 37.8 Å². The van der Waals surface area contributed by atoms with Crippen LogP contribution >= 0.6 is 0 Å². The molecule has 1 fully saturated rings. The zero-order valence-electron chi connectivity index (χ0n) is 10.5. The Morgan fingerprint density at radius 3 is 2.72 bits per heavy atom. The molecule has 6 heteroatoms. The van der Waals surface area contributed by atoms with E-state index in [1.54, 1.807) is 12.3 Å². The molecule has 1 heterocycles. The normalized spacial score (nSPS) is 23.7. The molecule has 0 bridgehead atoms. The molecular formula is C12H18N4O2. The Kier molecular flexibility index (Phi) is 3.76. The third-order valence-electron chi connectivity index (χ3n) is 3.64. The van der Waals surface area contributed by atoms with Crippen LogP contribution in [0, 0.1) is 10.1 Å². The molecular weight excluding hydrogens is 232 g/mol. The van der Waals surface area contributed by atoms with E-state index in [1.807, 2.05) is 11.9 Å². The standard InChI is InChI=1S/C12H18N4O2/c1-15(10-4-2-9(13)3-5-10)11-6-7-14-8-12(11)16(17)18/h6-10H,2-5,13H2,1H3. The van der Waals surface area contributed by atoms with Crippen molar-refractivity contribution in [2.24, 2.45) is 5.73 Å². The summed E-state index contributed by atoms with van der Waals surface area (Å²) in [6.45, 7) is 0. The van der Waals surface area contributed by atoms with Gasteiger partial charge in [0.15, 0.2) is 0 Å². The number of aromatic nitrogens is 1. The zero-order chi connectivity index (χ0) is 13.1. The Bertz CT molecular complexity index is 430. The highest BCUT2D eigenvalue weighted by molar-refractivity contribution is 5.61. The van der Waals surface area contributed by atoms with Gasteiger partial charge in [0.25, 0.3) is 0 Å². The number of rotatable bonds is 3. The number of hydrogen-bond donors (Lipinski definition) is 1. The minimum absolute atomic E-state index is 0.0647. The number of nitrogens with two attached hydrogens (primary N) is 1. The maximum absolute atomic E-state index is 11.0. The molecule has 18 heavy (non-hydrogen) atoms. The van der Waals surface area contributed by atoms with Gasteiger partial charge in [-0.1, -0.05) is 0 Å². The maximum atomic E-state index is 11.0. The van der Waals surface area contributed by atoms with Crippen LogP contribution in [0.25, 0.3) is 0 Å². The first-order valence-corrected chi connectivity index (χ1v) is 6.16. The second-order valence-corrected chi connectivity index (χ2v) is 4.80. The first-order valence-electron chi connectivity index (χ1n) is 6.16. The summed E-state index contributed by atoms with van der Waals surface area (Å²) in [5, 5.41) is 11.0. The summed E-state index contributed by atoms with van der Waals surface area (Å²) in [6, 6.07) is 2.31. The molecule has 2 rings (SSSR count). The third-order valence-corrected chi connectivity index (χ3v) is 3.64. The lowest BCUT2D eigenvalue weighted by molar-refractivity contribution is -0.384. The molecule has 0 amide bonds. The average Bonchev–Trinajstić information content (AvgIpc) is 2.39. The summed E-state index contributed by atoms with van der Waals surface area (Å²) in [5.41, 5.74) is 6.58. The molecule has 0 spiro atoms. The van der Waals surface area contributed by atoms with Crippen LogP contribution in [0.3, 0.4) is 0 Å². The van der Waals surface area contributed by atoms with Gasteiger partial charge in [0.2, 0.25) is 0 Å². The van der Waals surface area contributed by atoms with Crippen molar-refractivity contribution in [3.63, 3.8) is 0 Å². The third kappa shape index (κ3) is 2.59. The Balaban J connectivity index is 2.18. The van der Waals surface area contributed by atoms with Gasteiger partial charge < -0.3 is 10.6 Å². The molecule has 0 unspecified atom stereocenters. The van der Waals surface area contributed by atoms with Crippen LogP contribution in [-0.4, -0.2) is 29.0 Å². The number of nitro groups is 1. The Labute approximate surface area is 106 Å². The summed E-state index contributed by atoms with van der Waals surface area (Å²) in [7, 11) is 1.91. The molecule has 0 aromatic carbocycles. The monoisotopic (exact) mass is 250 g/mol. The predicted molar refractivity (Wildman–Crippen MR) is 69.5 cm³/mol. The largest absolute Gasteiger partial charge is 0.366 e. The molecule has 2 N–H and O–H groups in total. The first kappa shape index (κ1) is 12.8. The molecule has 1 aromatic heterocycles. The minimum atomic E-state index is -0.382. The van der Waals surface area contributed by atoms with Crippen molar-refractivity contribution in [1.82, 2.24) is 4.98 Å². The molecule has 0 radical (unpaired) electrons. The van der Waals surface area contributed by atoms with Crippen LogP contribution in [0.5, 0.6) is 0 Å². The quantitative estimate of drug-likeness (QED) is 0.651. The predicted octanol–water partition coefficient (Wildman–Crippen LogP) is 1.70. The van der Waals surface area contributed by atoms with Crippen molar-refractivity contribution in [3.05, 3.63) is 28.6 Å². The van der Waals surface area contributed by atoms with Crippen molar-refractivity contribution >= 4 is 11.4 Å². The van der Waals surface area contributed by atoms with Gasteiger partial charge in [-0.15, -0.1) is 0 Å². The molecule has 1 aromatic rings. The van der Waals surface area contributed by atoms with E-state index in [1.165, 1.54) is 6.20 Å². The fourth-order valence-electron chi connectivity index (χ4n) is 2.50. The van der Waals surface area contributed by atoms with Crippen LogP contribution in [0.1, 0.15) is 25.7 Å². The number of pyridine rings is 1. The topological polar surface area (TPSA) is 85.3 Å². The molecule has 0 aliphatic heterocycles. The average molecular weight is 250 g/mol. The summed E-state index contributed by atoms with van der Waals surface area (Å²) in [6.07, 6.45) is 6.82. The van der Waals surface area contributed by atoms with Crippen LogP contribution in [0.2, 0.25) is 0 Å². The SMILES string of the molecule is CN(c1ccncc1[N+](=O)[O-])C1CCC(N)CC1. The van der Waals surface area contributed by atoms with E-state index in [0.29, 0.717) is 11.7 Å². The van der Waals surface area contributed by atoms with Gasteiger partial charge in [-0.2, -0.15) is 0 Å². The summed E-state index contributed by atoms with van der Waals surface area (Å²) >= 11 is 0. The summed E-state index contributed by atoms with van der Waals surface area (Å²) in [4.78, 5) is 16.4. The van der Waals surface area contributed by atoms with E-state index < -0.39 is 0 Å². The molecule has 1 saturated carbocycles. The molecule has 1 aliphatic rings. The van der Waals surface area contributed by atoms with E-state index in [9.17, 15) is 10.1 Å². The van der Waals surface area contributed by atoms with E-state index in [4.69, 9.17) is 5.73 Å². The maximum Gasteiger partial charge on any atom is 0.310 e. The Morgan fingerprint density at radius 1 is 1.44 bits per heavy atom. The highest BCUT2D eigenvalue weighted by Gasteiger charge is 2.26. The fourth-order valence-corrected chi connectivity index (χ4v) is 2.50. The van der Waals surface area contributed by atoms with Gasteiger partial charge in [-0.3, -0.25) is 15.1 Å². The van der Waals surface area contributed by atoms with Crippen LogP contribution in [-0.2, 0) is 0 Å². The smallest absolute Gasteiger partial charge is 0.310 e. The van der Waals surface area contributed by atoms with E-state index in [2.05, 4.69) is 4.98 Å². The molecule has 0 atom stereocenters.